The number of hydrogen-bond donors (Lipinski definition) is 0. The molecule has 2 unspecified atom stereocenters. The Labute approximate surface area is 159 Å². The fourth-order valence-electron chi connectivity index (χ4n) is 3.17. The van der Waals surface area contributed by atoms with Gasteiger partial charge in [0.1, 0.15) is 0 Å². The van der Waals surface area contributed by atoms with Gasteiger partial charge in [-0.05, 0) is 37.5 Å². The van der Waals surface area contributed by atoms with Gasteiger partial charge in [-0.3, -0.25) is 0 Å². The Morgan fingerprint density at radius 2 is 0.960 bits per heavy atom. The van der Waals surface area contributed by atoms with E-state index < -0.39 is 0 Å². The van der Waals surface area contributed by atoms with E-state index in [1.807, 2.05) is 0 Å². The Bertz CT molecular complexity index is 407. The molecule has 0 aliphatic carbocycles. The van der Waals surface area contributed by atoms with Gasteiger partial charge in [0.05, 0.1) is 0 Å². The molecular weight excluding hydrogens is 300 g/mol. The molecule has 0 amide bonds. The molecule has 0 N–H and O–H groups in total. The Balaban J connectivity index is 4.85. The minimum Gasteiger partial charge on any atom is -0.103 e. The zero-order valence-corrected chi connectivity index (χ0v) is 18.1. The van der Waals surface area contributed by atoms with Crippen LogP contribution in [0.3, 0.4) is 0 Å². The molecule has 0 radical (unpaired) electrons. The third-order valence-electron chi connectivity index (χ3n) is 4.57. The zero-order chi connectivity index (χ0) is 18.9. The van der Waals surface area contributed by atoms with Crippen molar-refractivity contribution in [3.05, 3.63) is 0 Å². The minimum absolute atomic E-state index is 0.451. The highest BCUT2D eigenvalue weighted by atomic mass is 14.2. The standard InChI is InChI=1S/C25H44/c1-7-9-11-13-15-17-19-25(21-23(5)6)24(20-22(3)4)18-16-14-12-10-8-2/h22-25H,7-15,20-21H2,1-6H3. The summed E-state index contributed by atoms with van der Waals surface area (Å²) in [6.07, 6.45) is 13.5. The molecule has 0 aliphatic rings. The second-order valence-electron chi connectivity index (χ2n) is 8.38. The highest BCUT2D eigenvalue weighted by Gasteiger charge is 2.20. The predicted molar refractivity (Wildman–Crippen MR) is 114 cm³/mol. The maximum absolute atomic E-state index is 3.63. The molecule has 25 heavy (non-hydrogen) atoms. The third kappa shape index (κ3) is 15.1. The summed E-state index contributed by atoms with van der Waals surface area (Å²) in [5, 5.41) is 0. The molecule has 0 heterocycles. The van der Waals surface area contributed by atoms with Crippen molar-refractivity contribution < 1.29 is 0 Å². The van der Waals surface area contributed by atoms with Crippen LogP contribution in [0.2, 0.25) is 0 Å². The van der Waals surface area contributed by atoms with Crippen molar-refractivity contribution in [3.63, 3.8) is 0 Å². The second-order valence-corrected chi connectivity index (χ2v) is 8.38. The molecule has 0 saturated carbocycles. The van der Waals surface area contributed by atoms with E-state index in [4.69, 9.17) is 0 Å². The van der Waals surface area contributed by atoms with Gasteiger partial charge < -0.3 is 0 Å². The van der Waals surface area contributed by atoms with Crippen LogP contribution >= 0.6 is 0 Å². The van der Waals surface area contributed by atoms with Gasteiger partial charge >= 0.3 is 0 Å². The lowest BCUT2D eigenvalue weighted by Gasteiger charge is -2.22. The molecule has 0 rings (SSSR count). The fraction of sp³-hybridized carbons (Fsp3) is 0.840. The molecular formula is C25H44. The van der Waals surface area contributed by atoms with Crippen LogP contribution < -0.4 is 0 Å². The van der Waals surface area contributed by atoms with Crippen molar-refractivity contribution >= 4 is 0 Å². The summed E-state index contributed by atoms with van der Waals surface area (Å²) < 4.78 is 0. The maximum atomic E-state index is 3.63. The molecule has 0 aromatic carbocycles. The monoisotopic (exact) mass is 344 g/mol. The van der Waals surface area contributed by atoms with Crippen molar-refractivity contribution in [3.8, 4) is 23.7 Å². The van der Waals surface area contributed by atoms with Gasteiger partial charge in [0.2, 0.25) is 0 Å². The average Bonchev–Trinajstić information content (AvgIpc) is 2.55. The first-order chi connectivity index (χ1) is 12.0. The van der Waals surface area contributed by atoms with Crippen molar-refractivity contribution in [2.75, 3.05) is 0 Å². The predicted octanol–water partition coefficient (Wildman–Crippen LogP) is 7.87. The first-order valence-corrected chi connectivity index (χ1v) is 11.0. The van der Waals surface area contributed by atoms with Gasteiger partial charge in [0.25, 0.3) is 0 Å². The van der Waals surface area contributed by atoms with Crippen LogP contribution in [0.25, 0.3) is 0 Å². The van der Waals surface area contributed by atoms with Crippen LogP contribution in [0.4, 0.5) is 0 Å². The summed E-state index contributed by atoms with van der Waals surface area (Å²) >= 11 is 0. The Hall–Kier alpha value is -0.880. The van der Waals surface area contributed by atoms with Gasteiger partial charge in [-0.25, -0.2) is 0 Å². The van der Waals surface area contributed by atoms with Crippen LogP contribution in [0.1, 0.15) is 112 Å². The fourth-order valence-corrected chi connectivity index (χ4v) is 3.17. The molecule has 2 atom stereocenters. The van der Waals surface area contributed by atoms with E-state index in [-0.39, 0.29) is 0 Å². The molecule has 0 saturated heterocycles. The highest BCUT2D eigenvalue weighted by Crippen LogP contribution is 2.26. The Morgan fingerprint density at radius 3 is 1.36 bits per heavy atom. The van der Waals surface area contributed by atoms with E-state index in [1.54, 1.807) is 0 Å². The first-order valence-electron chi connectivity index (χ1n) is 11.0. The van der Waals surface area contributed by atoms with Crippen molar-refractivity contribution in [2.45, 2.75) is 112 Å². The normalized spacial score (nSPS) is 13.1. The summed E-state index contributed by atoms with van der Waals surface area (Å²) in [6.45, 7) is 13.8. The SMILES string of the molecule is CCCCCC#CC(CC(C)C)C(C#CCCCCCC)CC(C)C. The van der Waals surface area contributed by atoms with E-state index in [2.05, 4.69) is 65.2 Å². The largest absolute Gasteiger partial charge is 0.103 e. The molecule has 0 aromatic rings. The molecule has 0 bridgehead atoms. The lowest BCUT2D eigenvalue weighted by molar-refractivity contribution is 0.357. The van der Waals surface area contributed by atoms with Gasteiger partial charge in [-0.2, -0.15) is 0 Å². The molecule has 144 valence electrons. The summed E-state index contributed by atoms with van der Waals surface area (Å²) in [6, 6.07) is 0. The van der Waals surface area contributed by atoms with Crippen LogP contribution in [-0.2, 0) is 0 Å². The first kappa shape index (κ1) is 24.1. The van der Waals surface area contributed by atoms with Crippen LogP contribution in [-0.4, -0.2) is 0 Å². The molecule has 0 nitrogen and oxygen atoms in total. The highest BCUT2D eigenvalue weighted by molar-refractivity contribution is 5.14. The van der Waals surface area contributed by atoms with Gasteiger partial charge in [-0.1, -0.05) is 85.5 Å². The number of rotatable bonds is 12. The van der Waals surface area contributed by atoms with Crippen molar-refractivity contribution in [1.82, 2.24) is 0 Å². The molecule has 0 aromatic heterocycles. The van der Waals surface area contributed by atoms with E-state index >= 15 is 0 Å². The number of unbranched alkanes of at least 4 members (excludes halogenated alkanes) is 7. The van der Waals surface area contributed by atoms with E-state index in [0.29, 0.717) is 23.7 Å². The molecule has 0 aliphatic heterocycles. The lowest BCUT2D eigenvalue weighted by Crippen LogP contribution is -2.16. The smallest absolute Gasteiger partial charge is 0.0343 e. The maximum Gasteiger partial charge on any atom is 0.0343 e. The van der Waals surface area contributed by atoms with Crippen LogP contribution in [0.15, 0.2) is 0 Å². The second kappa shape index (κ2) is 16.6. The minimum atomic E-state index is 0.451. The topological polar surface area (TPSA) is 0 Å². The molecule has 0 heteroatoms. The summed E-state index contributed by atoms with van der Waals surface area (Å²) in [5.74, 6) is 16.5. The van der Waals surface area contributed by atoms with Gasteiger partial charge in [0, 0.05) is 24.7 Å². The zero-order valence-electron chi connectivity index (χ0n) is 18.1. The van der Waals surface area contributed by atoms with Crippen LogP contribution in [0, 0.1) is 47.4 Å². The molecule has 0 fully saturated rings. The van der Waals surface area contributed by atoms with Gasteiger partial charge in [-0.15, -0.1) is 11.8 Å². The van der Waals surface area contributed by atoms with Crippen molar-refractivity contribution in [2.24, 2.45) is 23.7 Å². The third-order valence-corrected chi connectivity index (χ3v) is 4.57. The Kier molecular flexibility index (Phi) is 16.0. The molecule has 0 spiro atoms. The van der Waals surface area contributed by atoms with E-state index in [0.717, 1.165) is 12.8 Å². The average molecular weight is 345 g/mol. The Morgan fingerprint density at radius 1 is 0.560 bits per heavy atom. The number of hydrogen-bond acceptors (Lipinski definition) is 0. The summed E-state index contributed by atoms with van der Waals surface area (Å²) in [4.78, 5) is 0. The summed E-state index contributed by atoms with van der Waals surface area (Å²) in [7, 11) is 0. The van der Waals surface area contributed by atoms with Gasteiger partial charge in [0.15, 0.2) is 0 Å². The quantitative estimate of drug-likeness (QED) is 0.249. The van der Waals surface area contributed by atoms with E-state index in [1.165, 1.54) is 57.8 Å². The van der Waals surface area contributed by atoms with Crippen LogP contribution in [0.5, 0.6) is 0 Å². The summed E-state index contributed by atoms with van der Waals surface area (Å²) in [5.41, 5.74) is 0. The van der Waals surface area contributed by atoms with Crippen molar-refractivity contribution in [1.29, 1.82) is 0 Å². The lowest BCUT2D eigenvalue weighted by atomic mass is 9.81. The van der Waals surface area contributed by atoms with E-state index in [9.17, 15) is 0 Å².